The van der Waals surface area contributed by atoms with Crippen molar-refractivity contribution in [3.8, 4) is 0 Å². The Morgan fingerprint density at radius 2 is 1.95 bits per heavy atom. The Balaban J connectivity index is 0.00000220. The molecule has 3 N–H and O–H groups in total. The topological polar surface area (TPSA) is 70.2 Å². The first-order valence-electron chi connectivity index (χ1n) is 6.95. The van der Waals surface area contributed by atoms with Crippen LogP contribution in [-0.4, -0.2) is 25.4 Å². The minimum absolute atomic E-state index is 0. The number of nitrogens with one attached hydrogen (secondary N) is 3. The summed E-state index contributed by atoms with van der Waals surface area (Å²) >= 11 is 0. The summed E-state index contributed by atoms with van der Waals surface area (Å²) in [6.07, 6.45) is 1.24. The molecule has 2 rings (SSSR count). The van der Waals surface area contributed by atoms with E-state index in [1.54, 1.807) is 7.05 Å². The Labute approximate surface area is 131 Å². The molecular formula is C15H22ClN3O2. The average molecular weight is 312 g/mol. The molecule has 0 aromatic heterocycles. The predicted octanol–water partition coefficient (Wildman–Crippen LogP) is 1.68. The van der Waals surface area contributed by atoms with E-state index in [1.165, 1.54) is 0 Å². The average Bonchev–Trinajstić information content (AvgIpc) is 3.26. The molecule has 1 aliphatic carbocycles. The Kier molecular flexibility index (Phi) is 6.18. The van der Waals surface area contributed by atoms with Gasteiger partial charge in [0.25, 0.3) is 0 Å². The number of rotatable bonds is 6. The summed E-state index contributed by atoms with van der Waals surface area (Å²) in [6.45, 7) is 3.71. The molecule has 1 fully saturated rings. The van der Waals surface area contributed by atoms with E-state index in [0.717, 1.165) is 24.3 Å². The number of halogens is 1. The van der Waals surface area contributed by atoms with E-state index in [9.17, 15) is 9.59 Å². The van der Waals surface area contributed by atoms with Crippen LogP contribution in [0, 0.1) is 5.41 Å². The molecule has 0 unspecified atom stereocenters. The van der Waals surface area contributed by atoms with Crippen LogP contribution in [0.5, 0.6) is 0 Å². The largest absolute Gasteiger partial charge is 0.358 e. The van der Waals surface area contributed by atoms with Gasteiger partial charge in [0.1, 0.15) is 5.41 Å². The van der Waals surface area contributed by atoms with Crippen molar-refractivity contribution in [2.45, 2.75) is 26.3 Å². The quantitative estimate of drug-likeness (QED) is 0.700. The minimum atomic E-state index is -0.855. The normalized spacial score (nSPS) is 14.8. The number of anilines is 1. The summed E-state index contributed by atoms with van der Waals surface area (Å²) < 4.78 is 0. The van der Waals surface area contributed by atoms with E-state index in [2.05, 4.69) is 16.0 Å². The van der Waals surface area contributed by atoms with Crippen molar-refractivity contribution < 1.29 is 9.59 Å². The standard InChI is InChI=1S/C15H21N3O2.ClH/c1-3-17-10-11-5-4-6-12(9-11)18-14(20)15(7-8-15)13(19)16-2;/h4-6,9,17H,3,7-8,10H2,1-2H3,(H,16,19)(H,18,20);1H. The van der Waals surface area contributed by atoms with E-state index < -0.39 is 5.41 Å². The third-order valence-corrected chi connectivity index (χ3v) is 3.61. The molecule has 1 saturated carbocycles. The number of hydrogen-bond donors (Lipinski definition) is 3. The Morgan fingerprint density at radius 1 is 1.24 bits per heavy atom. The Morgan fingerprint density at radius 3 is 2.52 bits per heavy atom. The van der Waals surface area contributed by atoms with Crippen molar-refractivity contribution >= 4 is 29.9 Å². The van der Waals surface area contributed by atoms with Gasteiger partial charge in [0.05, 0.1) is 0 Å². The fraction of sp³-hybridized carbons (Fsp3) is 0.467. The van der Waals surface area contributed by atoms with E-state index in [-0.39, 0.29) is 24.2 Å². The van der Waals surface area contributed by atoms with Crippen molar-refractivity contribution in [3.05, 3.63) is 29.8 Å². The fourth-order valence-corrected chi connectivity index (χ4v) is 2.20. The molecule has 0 saturated heterocycles. The maximum absolute atomic E-state index is 12.2. The van der Waals surface area contributed by atoms with E-state index in [0.29, 0.717) is 12.8 Å². The van der Waals surface area contributed by atoms with Gasteiger partial charge in [-0.1, -0.05) is 19.1 Å². The molecule has 116 valence electrons. The van der Waals surface area contributed by atoms with E-state index in [4.69, 9.17) is 0 Å². The van der Waals surface area contributed by atoms with Gasteiger partial charge in [0, 0.05) is 19.3 Å². The van der Waals surface area contributed by atoms with Crippen LogP contribution in [-0.2, 0) is 16.1 Å². The second-order valence-electron chi connectivity index (χ2n) is 5.10. The zero-order chi connectivity index (χ0) is 14.6. The highest BCUT2D eigenvalue weighted by molar-refractivity contribution is 6.12. The molecule has 5 nitrogen and oxygen atoms in total. The lowest BCUT2D eigenvalue weighted by atomic mass is 10.1. The zero-order valence-electron chi connectivity index (χ0n) is 12.4. The van der Waals surface area contributed by atoms with Gasteiger partial charge in [-0.2, -0.15) is 0 Å². The molecule has 2 amide bonds. The molecule has 1 aromatic rings. The summed E-state index contributed by atoms with van der Waals surface area (Å²) in [4.78, 5) is 24.0. The van der Waals surface area contributed by atoms with Gasteiger partial charge in [-0.05, 0) is 37.1 Å². The minimum Gasteiger partial charge on any atom is -0.358 e. The Bertz CT molecular complexity index is 515. The van der Waals surface area contributed by atoms with Crippen LogP contribution >= 0.6 is 12.4 Å². The summed E-state index contributed by atoms with van der Waals surface area (Å²) in [6, 6.07) is 7.68. The van der Waals surface area contributed by atoms with Crippen LogP contribution in [0.1, 0.15) is 25.3 Å². The highest BCUT2D eigenvalue weighted by Crippen LogP contribution is 2.46. The van der Waals surface area contributed by atoms with Crippen molar-refractivity contribution in [2.24, 2.45) is 5.41 Å². The van der Waals surface area contributed by atoms with Gasteiger partial charge in [-0.25, -0.2) is 0 Å². The number of carbonyl (C=O) groups is 2. The smallest absolute Gasteiger partial charge is 0.240 e. The highest BCUT2D eigenvalue weighted by atomic mass is 35.5. The van der Waals surface area contributed by atoms with Gasteiger partial charge >= 0.3 is 0 Å². The molecule has 0 radical (unpaired) electrons. The summed E-state index contributed by atoms with van der Waals surface area (Å²) in [7, 11) is 1.56. The lowest BCUT2D eigenvalue weighted by Crippen LogP contribution is -2.38. The number of carbonyl (C=O) groups excluding carboxylic acids is 2. The van der Waals surface area contributed by atoms with Crippen LogP contribution in [0.15, 0.2) is 24.3 Å². The molecule has 0 atom stereocenters. The lowest BCUT2D eigenvalue weighted by Gasteiger charge is -2.14. The second kappa shape index (κ2) is 7.43. The van der Waals surface area contributed by atoms with Gasteiger partial charge in [-0.3, -0.25) is 9.59 Å². The SMILES string of the molecule is CCNCc1cccc(NC(=O)C2(C(=O)NC)CC2)c1.Cl. The first kappa shape index (κ1) is 17.5. The molecule has 0 spiro atoms. The molecule has 1 aliphatic rings. The first-order chi connectivity index (χ1) is 9.62. The van der Waals surface area contributed by atoms with E-state index >= 15 is 0 Å². The third kappa shape index (κ3) is 3.95. The molecule has 0 heterocycles. The van der Waals surface area contributed by atoms with Crippen LogP contribution < -0.4 is 16.0 Å². The molecular weight excluding hydrogens is 290 g/mol. The number of benzene rings is 1. The van der Waals surface area contributed by atoms with Crippen LogP contribution in [0.2, 0.25) is 0 Å². The summed E-state index contributed by atoms with van der Waals surface area (Å²) in [5.41, 5.74) is 0.988. The van der Waals surface area contributed by atoms with Crippen LogP contribution in [0.25, 0.3) is 0 Å². The fourth-order valence-electron chi connectivity index (χ4n) is 2.20. The van der Waals surface area contributed by atoms with Gasteiger partial charge in [0.2, 0.25) is 11.8 Å². The van der Waals surface area contributed by atoms with Crippen molar-refractivity contribution in [2.75, 3.05) is 18.9 Å². The summed E-state index contributed by atoms with van der Waals surface area (Å²) in [5, 5.41) is 8.65. The van der Waals surface area contributed by atoms with Crippen molar-refractivity contribution in [1.29, 1.82) is 0 Å². The maximum Gasteiger partial charge on any atom is 0.240 e. The number of amides is 2. The second-order valence-corrected chi connectivity index (χ2v) is 5.10. The number of hydrogen-bond acceptors (Lipinski definition) is 3. The van der Waals surface area contributed by atoms with Crippen molar-refractivity contribution in [3.63, 3.8) is 0 Å². The van der Waals surface area contributed by atoms with E-state index in [1.807, 2.05) is 31.2 Å². The Hall–Kier alpha value is -1.59. The van der Waals surface area contributed by atoms with Gasteiger partial charge < -0.3 is 16.0 Å². The zero-order valence-corrected chi connectivity index (χ0v) is 13.2. The van der Waals surface area contributed by atoms with Crippen LogP contribution in [0.3, 0.4) is 0 Å². The third-order valence-electron chi connectivity index (χ3n) is 3.61. The monoisotopic (exact) mass is 311 g/mol. The predicted molar refractivity (Wildman–Crippen MR) is 85.4 cm³/mol. The molecule has 0 bridgehead atoms. The van der Waals surface area contributed by atoms with Gasteiger partial charge in [-0.15, -0.1) is 12.4 Å². The molecule has 6 heteroatoms. The van der Waals surface area contributed by atoms with Gasteiger partial charge in [0.15, 0.2) is 0 Å². The first-order valence-corrected chi connectivity index (χ1v) is 6.95. The molecule has 0 aliphatic heterocycles. The highest BCUT2D eigenvalue weighted by Gasteiger charge is 2.56. The molecule has 1 aromatic carbocycles. The maximum atomic E-state index is 12.2. The van der Waals surface area contributed by atoms with Crippen molar-refractivity contribution in [1.82, 2.24) is 10.6 Å². The summed E-state index contributed by atoms with van der Waals surface area (Å²) in [5.74, 6) is -0.406. The molecule has 21 heavy (non-hydrogen) atoms. The van der Waals surface area contributed by atoms with Crippen LogP contribution in [0.4, 0.5) is 5.69 Å². The lowest BCUT2D eigenvalue weighted by molar-refractivity contribution is -0.134.